The fourth-order valence-corrected chi connectivity index (χ4v) is 2.22. The molecule has 21 heavy (non-hydrogen) atoms. The lowest BCUT2D eigenvalue weighted by Crippen LogP contribution is -2.18. The molecule has 3 rings (SSSR count). The Kier molecular flexibility index (Phi) is 3.45. The summed E-state index contributed by atoms with van der Waals surface area (Å²) < 4.78 is 42.6. The van der Waals surface area contributed by atoms with Crippen molar-refractivity contribution in [2.45, 2.75) is 19.1 Å². The van der Waals surface area contributed by atoms with Crippen LogP contribution in [0.5, 0.6) is 0 Å². The summed E-state index contributed by atoms with van der Waals surface area (Å²) in [6.45, 7) is -1.12. The Morgan fingerprint density at radius 3 is 2.90 bits per heavy atom. The van der Waals surface area contributed by atoms with E-state index in [4.69, 9.17) is 4.52 Å². The van der Waals surface area contributed by atoms with E-state index in [0.717, 1.165) is 9.56 Å². The lowest BCUT2D eigenvalue weighted by Gasteiger charge is -2.05. The predicted molar refractivity (Wildman–Crippen MR) is 66.5 cm³/mol. The fraction of sp³-hybridized carbons (Fsp3) is 0.273. The van der Waals surface area contributed by atoms with Crippen LogP contribution in [-0.4, -0.2) is 31.1 Å². The van der Waals surface area contributed by atoms with Crippen LogP contribution < -0.4 is 0 Å². The van der Waals surface area contributed by atoms with Crippen LogP contribution in [0, 0.1) is 0 Å². The third kappa shape index (κ3) is 3.45. The van der Waals surface area contributed by atoms with Crippen molar-refractivity contribution in [1.29, 1.82) is 0 Å². The number of thiazole rings is 1. The van der Waals surface area contributed by atoms with Crippen LogP contribution >= 0.6 is 11.3 Å². The Hall–Kier alpha value is -2.23. The zero-order valence-electron chi connectivity index (χ0n) is 10.4. The molecule has 3 aromatic rings. The van der Waals surface area contributed by atoms with E-state index in [-0.39, 0.29) is 12.3 Å². The number of aromatic nitrogens is 5. The second-order valence-corrected chi connectivity index (χ2v) is 5.06. The van der Waals surface area contributed by atoms with E-state index in [1.807, 2.05) is 0 Å². The van der Waals surface area contributed by atoms with Crippen LogP contribution in [0.2, 0.25) is 0 Å². The number of hydrogen-bond acceptors (Lipinski definition) is 6. The molecular formula is C11H8F3N5OS. The van der Waals surface area contributed by atoms with E-state index in [1.54, 1.807) is 11.7 Å². The van der Waals surface area contributed by atoms with Crippen LogP contribution in [-0.2, 0) is 13.0 Å². The quantitative estimate of drug-likeness (QED) is 0.740. The molecule has 0 N–H and O–H groups in total. The average molecular weight is 315 g/mol. The average Bonchev–Trinajstić information content (AvgIpc) is 3.08. The largest absolute Gasteiger partial charge is 0.408 e. The first-order valence-corrected chi connectivity index (χ1v) is 6.68. The zero-order valence-corrected chi connectivity index (χ0v) is 11.2. The standard InChI is InChI=1S/C11H8F3N5OS/c12-11(13,14)5-19-2-1-7(17-19)3-9-16-10(18-20-9)8-4-15-6-21-8/h1-2,4,6H,3,5H2. The van der Waals surface area contributed by atoms with Gasteiger partial charge in [-0.3, -0.25) is 9.67 Å². The Bertz CT molecular complexity index is 718. The summed E-state index contributed by atoms with van der Waals surface area (Å²) in [6.07, 6.45) is -1.25. The lowest BCUT2D eigenvalue weighted by atomic mass is 10.3. The van der Waals surface area contributed by atoms with Gasteiger partial charge in [-0.05, 0) is 6.07 Å². The summed E-state index contributed by atoms with van der Waals surface area (Å²) in [4.78, 5) is 8.81. The number of hydrogen-bond donors (Lipinski definition) is 0. The van der Waals surface area contributed by atoms with E-state index in [9.17, 15) is 13.2 Å². The molecule has 0 amide bonds. The third-order valence-corrected chi connectivity index (χ3v) is 3.26. The minimum Gasteiger partial charge on any atom is -0.339 e. The summed E-state index contributed by atoms with van der Waals surface area (Å²) in [6, 6.07) is 1.49. The zero-order chi connectivity index (χ0) is 14.9. The van der Waals surface area contributed by atoms with Gasteiger partial charge in [0.1, 0.15) is 6.54 Å². The highest BCUT2D eigenvalue weighted by Crippen LogP contribution is 2.20. The summed E-state index contributed by atoms with van der Waals surface area (Å²) >= 11 is 1.37. The van der Waals surface area contributed by atoms with Gasteiger partial charge in [-0.2, -0.15) is 23.3 Å². The van der Waals surface area contributed by atoms with Gasteiger partial charge in [0, 0.05) is 12.4 Å². The van der Waals surface area contributed by atoms with Gasteiger partial charge in [0.25, 0.3) is 0 Å². The maximum absolute atomic E-state index is 12.2. The molecule has 3 heterocycles. The fourth-order valence-electron chi connectivity index (χ4n) is 1.68. The molecule has 0 saturated carbocycles. The summed E-state index contributed by atoms with van der Waals surface area (Å²) in [5.74, 6) is 0.692. The summed E-state index contributed by atoms with van der Waals surface area (Å²) in [5.41, 5.74) is 2.07. The molecule has 0 aliphatic carbocycles. The molecule has 0 unspecified atom stereocenters. The van der Waals surface area contributed by atoms with Crippen molar-refractivity contribution in [2.75, 3.05) is 0 Å². The SMILES string of the molecule is FC(F)(F)Cn1ccc(Cc2nc(-c3cncs3)no2)n1. The second kappa shape index (κ2) is 5.28. The molecule has 0 bridgehead atoms. The highest BCUT2D eigenvalue weighted by Gasteiger charge is 2.28. The lowest BCUT2D eigenvalue weighted by molar-refractivity contribution is -0.142. The Labute approximate surface area is 120 Å². The minimum absolute atomic E-state index is 0.177. The molecule has 0 spiro atoms. The topological polar surface area (TPSA) is 69.6 Å². The van der Waals surface area contributed by atoms with Crippen LogP contribution in [0.15, 0.2) is 28.5 Å². The van der Waals surface area contributed by atoms with Crippen LogP contribution in [0.3, 0.4) is 0 Å². The number of halogens is 3. The maximum Gasteiger partial charge on any atom is 0.408 e. The van der Waals surface area contributed by atoms with Gasteiger partial charge in [-0.1, -0.05) is 5.16 Å². The molecule has 0 aromatic carbocycles. The molecule has 0 aliphatic rings. The van der Waals surface area contributed by atoms with Crippen LogP contribution in [0.4, 0.5) is 13.2 Å². The monoisotopic (exact) mass is 315 g/mol. The third-order valence-electron chi connectivity index (χ3n) is 2.49. The molecule has 0 fully saturated rings. The van der Waals surface area contributed by atoms with Gasteiger partial charge < -0.3 is 4.52 Å². The van der Waals surface area contributed by atoms with Crippen molar-refractivity contribution in [3.05, 3.63) is 35.6 Å². The molecular weight excluding hydrogens is 307 g/mol. The van der Waals surface area contributed by atoms with E-state index in [2.05, 4.69) is 20.2 Å². The van der Waals surface area contributed by atoms with Gasteiger partial charge >= 0.3 is 6.18 Å². The van der Waals surface area contributed by atoms with Crippen molar-refractivity contribution in [3.8, 4) is 10.7 Å². The molecule has 0 radical (unpaired) electrons. The highest BCUT2D eigenvalue weighted by molar-refractivity contribution is 7.13. The van der Waals surface area contributed by atoms with E-state index >= 15 is 0 Å². The normalized spacial score (nSPS) is 12.0. The maximum atomic E-state index is 12.2. The van der Waals surface area contributed by atoms with E-state index in [1.165, 1.54) is 23.6 Å². The first-order chi connectivity index (χ1) is 9.99. The Balaban J connectivity index is 1.70. The molecule has 3 aromatic heterocycles. The molecule has 0 atom stereocenters. The van der Waals surface area contributed by atoms with E-state index < -0.39 is 12.7 Å². The summed E-state index contributed by atoms with van der Waals surface area (Å²) in [5, 5.41) is 7.61. The molecule has 0 aliphatic heterocycles. The molecule has 10 heteroatoms. The van der Waals surface area contributed by atoms with Crippen molar-refractivity contribution in [3.63, 3.8) is 0 Å². The Morgan fingerprint density at radius 2 is 2.19 bits per heavy atom. The van der Waals surface area contributed by atoms with Gasteiger partial charge in [0.15, 0.2) is 0 Å². The first kappa shape index (κ1) is 13.7. The number of nitrogens with zero attached hydrogens (tertiary/aromatic N) is 5. The van der Waals surface area contributed by atoms with Crippen LogP contribution in [0.25, 0.3) is 10.7 Å². The van der Waals surface area contributed by atoms with Crippen molar-refractivity contribution in [1.82, 2.24) is 24.9 Å². The number of alkyl halides is 3. The van der Waals surface area contributed by atoms with Crippen molar-refractivity contribution < 1.29 is 17.7 Å². The minimum atomic E-state index is -4.30. The van der Waals surface area contributed by atoms with Crippen LogP contribution in [0.1, 0.15) is 11.6 Å². The van der Waals surface area contributed by atoms with Gasteiger partial charge in [0.05, 0.1) is 22.5 Å². The summed E-state index contributed by atoms with van der Waals surface area (Å²) in [7, 11) is 0. The van der Waals surface area contributed by atoms with Crippen molar-refractivity contribution >= 4 is 11.3 Å². The predicted octanol–water partition coefficient (Wildman–Crippen LogP) is 2.54. The molecule has 6 nitrogen and oxygen atoms in total. The van der Waals surface area contributed by atoms with Gasteiger partial charge in [0.2, 0.25) is 11.7 Å². The van der Waals surface area contributed by atoms with Gasteiger partial charge in [-0.25, -0.2) is 0 Å². The smallest absolute Gasteiger partial charge is 0.339 e. The van der Waals surface area contributed by atoms with E-state index in [0.29, 0.717) is 11.5 Å². The second-order valence-electron chi connectivity index (χ2n) is 4.17. The first-order valence-electron chi connectivity index (χ1n) is 5.80. The molecule has 0 saturated heterocycles. The number of rotatable bonds is 4. The van der Waals surface area contributed by atoms with Gasteiger partial charge in [-0.15, -0.1) is 11.3 Å². The highest BCUT2D eigenvalue weighted by atomic mass is 32.1. The van der Waals surface area contributed by atoms with Crippen molar-refractivity contribution in [2.24, 2.45) is 0 Å². The molecule has 110 valence electrons. The Morgan fingerprint density at radius 1 is 1.33 bits per heavy atom.